The Bertz CT molecular complexity index is 1120. The molecule has 0 bridgehead atoms. The number of rotatable bonds is 9. The van der Waals surface area contributed by atoms with Gasteiger partial charge in [-0.05, 0) is 36.4 Å². The first-order valence-corrected chi connectivity index (χ1v) is 10.6. The van der Waals surface area contributed by atoms with Gasteiger partial charge in [-0.2, -0.15) is 0 Å². The molecule has 32 heavy (non-hydrogen) atoms. The van der Waals surface area contributed by atoms with E-state index in [1.807, 2.05) is 12.1 Å². The van der Waals surface area contributed by atoms with Crippen LogP contribution in [0, 0.1) is 0 Å². The third kappa shape index (κ3) is 5.89. The highest BCUT2D eigenvalue weighted by Gasteiger charge is 2.15. The zero-order valence-corrected chi connectivity index (χ0v) is 19.2. The lowest BCUT2D eigenvalue weighted by molar-refractivity contribution is -0.146. The van der Waals surface area contributed by atoms with Crippen LogP contribution in [0.1, 0.15) is 5.69 Å². The maximum Gasteiger partial charge on any atom is 0.312 e. The van der Waals surface area contributed by atoms with Crippen molar-refractivity contribution in [3.8, 4) is 27.8 Å². The number of hydrogen-bond acceptors (Lipinski definition) is 8. The zero-order chi connectivity index (χ0) is 23.1. The first-order valence-electron chi connectivity index (χ1n) is 9.39. The molecule has 2 aromatic carbocycles. The van der Waals surface area contributed by atoms with Crippen molar-refractivity contribution in [2.24, 2.45) is 0 Å². The minimum absolute atomic E-state index is 0.0580. The molecule has 1 heterocycles. The second kappa shape index (κ2) is 10.8. The van der Waals surface area contributed by atoms with Crippen LogP contribution in [0.4, 0.5) is 5.69 Å². The molecule has 1 N–H and O–H groups in total. The van der Waals surface area contributed by atoms with E-state index in [1.54, 1.807) is 43.9 Å². The standard InChI is InChI=1S/C22H21ClN2O6S/c1-28-17-7-5-14(23)9-16(17)25-20(26)11-31-21(27)10-15-12-32-22(24-15)13-4-6-18(29-2)19(8-13)30-3/h4-9,12H,10-11H2,1-3H3,(H,25,26). The van der Waals surface area contributed by atoms with Crippen LogP contribution in [0.25, 0.3) is 10.6 Å². The Labute approximate surface area is 194 Å². The largest absolute Gasteiger partial charge is 0.495 e. The number of thiazole rings is 1. The second-order valence-corrected chi connectivity index (χ2v) is 7.74. The molecule has 3 rings (SSSR count). The molecule has 0 aliphatic carbocycles. The van der Waals surface area contributed by atoms with Gasteiger partial charge < -0.3 is 24.3 Å². The van der Waals surface area contributed by atoms with Gasteiger partial charge >= 0.3 is 5.97 Å². The van der Waals surface area contributed by atoms with Gasteiger partial charge in [0.05, 0.1) is 39.1 Å². The number of carbonyl (C=O) groups excluding carboxylic acids is 2. The lowest BCUT2D eigenvalue weighted by Gasteiger charge is -2.10. The van der Waals surface area contributed by atoms with Gasteiger partial charge in [-0.15, -0.1) is 11.3 Å². The highest BCUT2D eigenvalue weighted by Crippen LogP contribution is 2.33. The van der Waals surface area contributed by atoms with E-state index in [9.17, 15) is 9.59 Å². The molecule has 0 radical (unpaired) electrons. The number of aromatic nitrogens is 1. The lowest BCUT2D eigenvalue weighted by atomic mass is 10.2. The van der Waals surface area contributed by atoms with Crippen molar-refractivity contribution in [2.45, 2.75) is 6.42 Å². The maximum atomic E-state index is 12.2. The summed E-state index contributed by atoms with van der Waals surface area (Å²) in [5.74, 6) is 0.568. The van der Waals surface area contributed by atoms with Crippen LogP contribution in [0.2, 0.25) is 5.02 Å². The van der Waals surface area contributed by atoms with E-state index in [-0.39, 0.29) is 6.42 Å². The summed E-state index contributed by atoms with van der Waals surface area (Å²) in [5, 5.41) is 5.53. The van der Waals surface area contributed by atoms with Gasteiger partial charge in [-0.25, -0.2) is 4.98 Å². The Morgan fingerprint density at radius 1 is 1.00 bits per heavy atom. The minimum atomic E-state index is -0.567. The maximum absolute atomic E-state index is 12.2. The molecule has 10 heteroatoms. The molecule has 1 aromatic heterocycles. The van der Waals surface area contributed by atoms with Crippen LogP contribution in [-0.4, -0.2) is 44.8 Å². The van der Waals surface area contributed by atoms with Crippen LogP contribution in [-0.2, 0) is 20.7 Å². The first kappa shape index (κ1) is 23.4. The molecular weight excluding hydrogens is 456 g/mol. The number of nitrogens with one attached hydrogen (secondary N) is 1. The van der Waals surface area contributed by atoms with E-state index in [2.05, 4.69) is 10.3 Å². The summed E-state index contributed by atoms with van der Waals surface area (Å²) >= 11 is 7.33. The summed E-state index contributed by atoms with van der Waals surface area (Å²) in [6.07, 6.45) is -0.0580. The van der Waals surface area contributed by atoms with E-state index >= 15 is 0 Å². The van der Waals surface area contributed by atoms with Crippen molar-refractivity contribution >= 4 is 40.5 Å². The highest BCUT2D eigenvalue weighted by molar-refractivity contribution is 7.13. The summed E-state index contributed by atoms with van der Waals surface area (Å²) in [7, 11) is 4.60. The summed E-state index contributed by atoms with van der Waals surface area (Å²) in [4.78, 5) is 28.8. The number of anilines is 1. The Hall–Kier alpha value is -3.30. The van der Waals surface area contributed by atoms with E-state index in [0.717, 1.165) is 10.6 Å². The minimum Gasteiger partial charge on any atom is -0.495 e. The van der Waals surface area contributed by atoms with Gasteiger partial charge in [0.15, 0.2) is 18.1 Å². The summed E-state index contributed by atoms with van der Waals surface area (Å²) in [5.41, 5.74) is 1.77. The van der Waals surface area contributed by atoms with E-state index in [0.29, 0.717) is 33.7 Å². The van der Waals surface area contributed by atoms with Crippen LogP contribution in [0.15, 0.2) is 41.8 Å². The van der Waals surface area contributed by atoms with E-state index in [1.165, 1.54) is 18.4 Å². The fourth-order valence-corrected chi connectivity index (χ4v) is 3.79. The molecule has 0 saturated heterocycles. The number of halogens is 1. The van der Waals surface area contributed by atoms with Crippen molar-refractivity contribution in [2.75, 3.05) is 33.3 Å². The molecule has 8 nitrogen and oxygen atoms in total. The molecule has 0 atom stereocenters. The zero-order valence-electron chi connectivity index (χ0n) is 17.6. The summed E-state index contributed by atoms with van der Waals surface area (Å²) in [6.45, 7) is -0.443. The number of amides is 1. The fourth-order valence-electron chi connectivity index (χ4n) is 2.80. The van der Waals surface area contributed by atoms with Gasteiger partial charge in [-0.3, -0.25) is 9.59 Å². The molecular formula is C22H21ClN2O6S. The predicted octanol–water partition coefficient (Wildman–Crippen LogP) is 4.21. The van der Waals surface area contributed by atoms with Gasteiger partial charge in [0.2, 0.25) is 0 Å². The van der Waals surface area contributed by atoms with Gasteiger partial charge in [0.1, 0.15) is 10.8 Å². The average Bonchev–Trinajstić information content (AvgIpc) is 3.25. The van der Waals surface area contributed by atoms with Crippen molar-refractivity contribution in [3.63, 3.8) is 0 Å². The van der Waals surface area contributed by atoms with Crippen molar-refractivity contribution in [1.29, 1.82) is 0 Å². The number of esters is 1. The Morgan fingerprint density at radius 3 is 2.44 bits per heavy atom. The normalized spacial score (nSPS) is 10.4. The third-order valence-electron chi connectivity index (χ3n) is 4.31. The van der Waals surface area contributed by atoms with Crippen LogP contribution in [0.3, 0.4) is 0 Å². The SMILES string of the molecule is COc1ccc(Cl)cc1NC(=O)COC(=O)Cc1csc(-c2ccc(OC)c(OC)c2)n1. The van der Waals surface area contributed by atoms with E-state index in [4.69, 9.17) is 30.5 Å². The number of hydrogen-bond donors (Lipinski definition) is 1. The molecule has 0 spiro atoms. The summed E-state index contributed by atoms with van der Waals surface area (Å²) < 4.78 is 20.8. The predicted molar refractivity (Wildman–Crippen MR) is 122 cm³/mol. The Morgan fingerprint density at radius 2 is 1.72 bits per heavy atom. The second-order valence-electron chi connectivity index (χ2n) is 6.44. The monoisotopic (exact) mass is 476 g/mol. The van der Waals surface area contributed by atoms with Crippen LogP contribution in [0.5, 0.6) is 17.2 Å². The third-order valence-corrected chi connectivity index (χ3v) is 5.48. The van der Waals surface area contributed by atoms with Crippen LogP contribution < -0.4 is 19.5 Å². The van der Waals surface area contributed by atoms with E-state index < -0.39 is 18.5 Å². The molecule has 0 aliphatic heterocycles. The molecule has 0 unspecified atom stereocenters. The fraction of sp³-hybridized carbons (Fsp3) is 0.227. The first-order chi connectivity index (χ1) is 15.4. The molecule has 3 aromatic rings. The molecule has 168 valence electrons. The number of carbonyl (C=O) groups is 2. The average molecular weight is 477 g/mol. The molecule has 0 fully saturated rings. The lowest BCUT2D eigenvalue weighted by Crippen LogP contribution is -2.22. The summed E-state index contributed by atoms with van der Waals surface area (Å²) in [6, 6.07) is 10.3. The molecule has 0 aliphatic rings. The Balaban J connectivity index is 1.55. The highest BCUT2D eigenvalue weighted by atomic mass is 35.5. The van der Waals surface area contributed by atoms with Gasteiger partial charge in [0, 0.05) is 16.0 Å². The van der Waals surface area contributed by atoms with Crippen molar-refractivity contribution in [1.82, 2.24) is 4.98 Å². The smallest absolute Gasteiger partial charge is 0.312 e. The van der Waals surface area contributed by atoms with Gasteiger partial charge in [-0.1, -0.05) is 11.6 Å². The number of nitrogens with zero attached hydrogens (tertiary/aromatic N) is 1. The Kier molecular flexibility index (Phi) is 7.91. The quantitative estimate of drug-likeness (QED) is 0.462. The number of ether oxygens (including phenoxy) is 4. The number of methoxy groups -OCH3 is 3. The molecule has 1 amide bonds. The topological polar surface area (TPSA) is 96.0 Å². The number of benzene rings is 2. The van der Waals surface area contributed by atoms with Crippen LogP contribution >= 0.6 is 22.9 Å². The van der Waals surface area contributed by atoms with Crippen molar-refractivity contribution < 1.29 is 28.5 Å². The van der Waals surface area contributed by atoms with Crippen molar-refractivity contribution in [3.05, 3.63) is 52.5 Å². The van der Waals surface area contributed by atoms with Gasteiger partial charge in [0.25, 0.3) is 5.91 Å². The molecule has 0 saturated carbocycles.